The summed E-state index contributed by atoms with van der Waals surface area (Å²) < 4.78 is 32.5. The van der Waals surface area contributed by atoms with Crippen LogP contribution >= 0.6 is 31.1 Å². The summed E-state index contributed by atoms with van der Waals surface area (Å²) >= 11 is 3.15. The number of carbonyl (C=O) groups excluding carboxylic acids is 3. The van der Waals surface area contributed by atoms with Crippen molar-refractivity contribution in [3.05, 3.63) is 48.5 Å². The van der Waals surface area contributed by atoms with Crippen LogP contribution in [0.3, 0.4) is 0 Å². The standard InChI is InChI=1S/C33H46N3O7PS2/c1-6-9-29(44(40,42-23-12-16-25(45-4)17-13-23)43-24-14-18-26(46-5)19-15-24)35-31(37)28-20-22-10-7-8-11-27(22)36(28)32(38)30(21(2)3)41-33(34)39/h12-19,21-22,27-30H,6-11,20H2,1-5H3,(H2,34,39)(H,35,37)/t22-,27-,28-,29+,30-/m0/s1. The van der Waals surface area contributed by atoms with E-state index in [1.165, 1.54) is 0 Å². The molecule has 252 valence electrons. The summed E-state index contributed by atoms with van der Waals surface area (Å²) in [6.45, 7) is 5.47. The van der Waals surface area contributed by atoms with Gasteiger partial charge in [-0.05, 0) is 98.6 Å². The van der Waals surface area contributed by atoms with E-state index >= 15 is 0 Å². The maximum Gasteiger partial charge on any atom is 0.452 e. The molecule has 3 amide bonds. The van der Waals surface area contributed by atoms with Gasteiger partial charge in [-0.1, -0.05) is 40.0 Å². The number of amides is 3. The molecule has 2 aromatic rings. The molecule has 2 aliphatic rings. The Morgan fingerprint density at radius 3 is 1.98 bits per heavy atom. The Morgan fingerprint density at radius 2 is 1.50 bits per heavy atom. The highest BCUT2D eigenvalue weighted by Crippen LogP contribution is 2.54. The number of hydrogen-bond acceptors (Lipinski definition) is 9. The SMILES string of the molecule is CCC[C@H](NC(=O)[C@@H]1C[C@@H]2CCCC[C@@H]2N1C(=O)[C@@H](OC(N)=O)C(C)C)P(=O)(Oc1ccc(SC)cc1)Oc1ccc(SC)cc1. The molecule has 2 fully saturated rings. The minimum atomic E-state index is -4.10. The van der Waals surface area contributed by atoms with Crippen LogP contribution < -0.4 is 20.1 Å². The van der Waals surface area contributed by atoms with Gasteiger partial charge in [0, 0.05) is 15.8 Å². The Bertz CT molecular complexity index is 1340. The number of benzene rings is 2. The van der Waals surface area contributed by atoms with Gasteiger partial charge in [-0.2, -0.15) is 0 Å². The molecule has 3 N–H and O–H groups in total. The van der Waals surface area contributed by atoms with Gasteiger partial charge in [0.25, 0.3) is 5.91 Å². The summed E-state index contributed by atoms with van der Waals surface area (Å²) in [6.07, 6.45) is 6.71. The maximum atomic E-state index is 14.9. The Morgan fingerprint density at radius 1 is 0.957 bits per heavy atom. The van der Waals surface area contributed by atoms with E-state index in [1.807, 2.05) is 43.7 Å². The number of hydrogen-bond donors (Lipinski definition) is 2. The first kappa shape index (κ1) is 36.0. The second-order valence-electron chi connectivity index (χ2n) is 12.1. The third-order valence-corrected chi connectivity index (χ3v) is 12.1. The predicted octanol–water partition coefficient (Wildman–Crippen LogP) is 7.30. The van der Waals surface area contributed by atoms with Crippen LogP contribution in [0.4, 0.5) is 4.79 Å². The van der Waals surface area contributed by atoms with E-state index in [9.17, 15) is 18.9 Å². The van der Waals surface area contributed by atoms with Gasteiger partial charge in [-0.25, -0.2) is 9.36 Å². The molecule has 5 atom stereocenters. The van der Waals surface area contributed by atoms with Gasteiger partial charge in [0.1, 0.15) is 17.5 Å². The zero-order valence-electron chi connectivity index (χ0n) is 27.2. The van der Waals surface area contributed by atoms with E-state index in [0.29, 0.717) is 30.8 Å². The molecule has 46 heavy (non-hydrogen) atoms. The Hall–Kier alpha value is -2.82. The summed E-state index contributed by atoms with van der Waals surface area (Å²) in [5.74, 6) is -1.40. The molecule has 1 heterocycles. The fraction of sp³-hybridized carbons (Fsp3) is 0.545. The topological polar surface area (TPSA) is 137 Å². The summed E-state index contributed by atoms with van der Waals surface area (Å²) in [7, 11) is -4.10. The molecule has 13 heteroatoms. The number of ether oxygens (including phenoxy) is 1. The van der Waals surface area contributed by atoms with Crippen LogP contribution in [0, 0.1) is 11.8 Å². The highest BCUT2D eigenvalue weighted by Gasteiger charge is 2.51. The van der Waals surface area contributed by atoms with Crippen molar-refractivity contribution in [3.8, 4) is 11.5 Å². The Labute approximate surface area is 280 Å². The largest absolute Gasteiger partial charge is 0.452 e. The number of primary amides is 1. The first-order chi connectivity index (χ1) is 22.0. The summed E-state index contributed by atoms with van der Waals surface area (Å²) in [5.41, 5.74) is 5.33. The molecule has 10 nitrogen and oxygen atoms in total. The normalized spacial score (nSPS) is 20.8. The van der Waals surface area contributed by atoms with Gasteiger partial charge >= 0.3 is 13.7 Å². The van der Waals surface area contributed by atoms with Crippen LogP contribution in [-0.4, -0.2) is 59.3 Å². The lowest BCUT2D eigenvalue weighted by Gasteiger charge is -2.36. The summed E-state index contributed by atoms with van der Waals surface area (Å²) in [5, 5.41) is 3.00. The van der Waals surface area contributed by atoms with E-state index in [0.717, 1.165) is 35.5 Å². The Balaban J connectivity index is 1.67. The van der Waals surface area contributed by atoms with E-state index in [-0.39, 0.29) is 17.9 Å². The van der Waals surface area contributed by atoms with Crippen molar-refractivity contribution >= 4 is 49.0 Å². The second-order valence-corrected chi connectivity index (χ2v) is 15.9. The number of thioether (sulfide) groups is 2. The van der Waals surface area contributed by atoms with E-state index in [2.05, 4.69) is 5.32 Å². The molecule has 1 aliphatic carbocycles. The van der Waals surface area contributed by atoms with Gasteiger partial charge in [0.15, 0.2) is 11.9 Å². The predicted molar refractivity (Wildman–Crippen MR) is 182 cm³/mol. The van der Waals surface area contributed by atoms with Crippen molar-refractivity contribution in [1.29, 1.82) is 0 Å². The molecule has 0 bridgehead atoms. The fourth-order valence-corrected chi connectivity index (χ4v) is 9.11. The molecule has 4 rings (SSSR count). The number of carbonyl (C=O) groups is 3. The number of likely N-dealkylation sites (tertiary alicyclic amines) is 1. The lowest BCUT2D eigenvalue weighted by Crippen LogP contribution is -2.55. The highest BCUT2D eigenvalue weighted by atomic mass is 32.2. The lowest BCUT2D eigenvalue weighted by atomic mass is 9.84. The Kier molecular flexibility index (Phi) is 12.8. The van der Waals surface area contributed by atoms with Crippen LogP contribution in [0.5, 0.6) is 11.5 Å². The maximum absolute atomic E-state index is 14.9. The third-order valence-electron chi connectivity index (χ3n) is 8.57. The molecule has 0 unspecified atom stereocenters. The van der Waals surface area contributed by atoms with Crippen molar-refractivity contribution in [2.24, 2.45) is 17.6 Å². The van der Waals surface area contributed by atoms with Crippen LogP contribution in [0.1, 0.15) is 65.7 Å². The minimum absolute atomic E-state index is 0.128. The highest BCUT2D eigenvalue weighted by molar-refractivity contribution is 7.98. The number of nitrogens with two attached hydrogens (primary N) is 1. The first-order valence-corrected chi connectivity index (χ1v) is 19.9. The molecule has 2 aromatic carbocycles. The molecule has 1 aliphatic heterocycles. The number of rotatable bonds is 14. The van der Waals surface area contributed by atoms with Gasteiger partial charge in [0.05, 0.1) is 0 Å². The van der Waals surface area contributed by atoms with Crippen LogP contribution in [-0.2, 0) is 18.9 Å². The molecular formula is C33H46N3O7PS2. The monoisotopic (exact) mass is 691 g/mol. The number of fused-ring (bicyclic) bond motifs is 1. The van der Waals surface area contributed by atoms with Crippen LogP contribution in [0.25, 0.3) is 0 Å². The summed E-state index contributed by atoms with van der Waals surface area (Å²) in [6, 6.07) is 13.4. The molecular weight excluding hydrogens is 645 g/mol. The van der Waals surface area contributed by atoms with Crippen molar-refractivity contribution in [2.45, 2.75) is 99.5 Å². The van der Waals surface area contributed by atoms with Crippen LogP contribution in [0.15, 0.2) is 58.3 Å². The van der Waals surface area contributed by atoms with Crippen molar-refractivity contribution in [2.75, 3.05) is 12.5 Å². The molecule has 0 radical (unpaired) electrons. The van der Waals surface area contributed by atoms with Gasteiger partial charge in [-0.15, -0.1) is 23.5 Å². The third kappa shape index (κ3) is 8.75. The summed E-state index contributed by atoms with van der Waals surface area (Å²) in [4.78, 5) is 43.6. The van der Waals surface area contributed by atoms with Crippen molar-refractivity contribution in [1.82, 2.24) is 10.2 Å². The van der Waals surface area contributed by atoms with Gasteiger partial charge < -0.3 is 29.7 Å². The first-order valence-electron chi connectivity index (χ1n) is 15.8. The van der Waals surface area contributed by atoms with Crippen LogP contribution in [0.2, 0.25) is 0 Å². The van der Waals surface area contributed by atoms with E-state index in [4.69, 9.17) is 19.5 Å². The van der Waals surface area contributed by atoms with Crippen molar-refractivity contribution < 1.29 is 32.7 Å². The molecule has 1 saturated heterocycles. The lowest BCUT2D eigenvalue weighted by molar-refractivity contribution is -0.150. The van der Waals surface area contributed by atoms with E-state index in [1.54, 1.807) is 66.5 Å². The number of nitrogens with one attached hydrogen (secondary N) is 1. The average Bonchev–Trinajstić information content (AvgIpc) is 3.43. The minimum Gasteiger partial charge on any atom is -0.436 e. The molecule has 1 saturated carbocycles. The molecule has 0 spiro atoms. The van der Waals surface area contributed by atoms with E-state index < -0.39 is 43.4 Å². The number of nitrogens with zero attached hydrogens (tertiary/aromatic N) is 1. The molecule has 0 aromatic heterocycles. The quantitative estimate of drug-likeness (QED) is 0.154. The fourth-order valence-electron chi connectivity index (χ4n) is 6.31. The second kappa shape index (κ2) is 16.3. The van der Waals surface area contributed by atoms with Gasteiger partial charge in [0.2, 0.25) is 5.91 Å². The van der Waals surface area contributed by atoms with Gasteiger partial charge in [-0.3, -0.25) is 9.59 Å². The zero-order valence-corrected chi connectivity index (χ0v) is 29.7. The average molecular weight is 692 g/mol. The smallest absolute Gasteiger partial charge is 0.436 e. The zero-order chi connectivity index (χ0) is 33.4. The van der Waals surface area contributed by atoms with Crippen molar-refractivity contribution in [3.63, 3.8) is 0 Å².